The van der Waals surface area contributed by atoms with Crippen LogP contribution in [0.3, 0.4) is 0 Å². The first-order valence-corrected chi connectivity index (χ1v) is 6.01. The maximum Gasteiger partial charge on any atom is 0.0639 e. The molecule has 15 heavy (non-hydrogen) atoms. The summed E-state index contributed by atoms with van der Waals surface area (Å²) in [6, 6.07) is 10.6. The first-order valence-electron chi connectivity index (χ1n) is 6.01. The molecule has 1 aromatic rings. The van der Waals surface area contributed by atoms with E-state index in [9.17, 15) is 0 Å². The minimum absolute atomic E-state index is 0.862. The van der Waals surface area contributed by atoms with Gasteiger partial charge in [-0.3, -0.25) is 4.99 Å². The molecule has 0 heterocycles. The third kappa shape index (κ3) is 2.28. The Labute approximate surface area is 91.2 Å². The van der Waals surface area contributed by atoms with Gasteiger partial charge >= 0.3 is 0 Å². The van der Waals surface area contributed by atoms with Gasteiger partial charge in [-0.1, -0.05) is 30.3 Å². The summed E-state index contributed by atoms with van der Waals surface area (Å²) in [6.45, 7) is 0.892. The minimum atomic E-state index is 0.862. The average molecular weight is 199 g/mol. The fraction of sp³-hybridized carbons (Fsp3) is 0.500. The number of rotatable bonds is 4. The molecule has 0 atom stereocenters. The number of aliphatic imine (C=N–C) groups is 1. The molecule has 3 rings (SSSR count). The third-order valence-corrected chi connectivity index (χ3v) is 3.28. The molecule has 2 aliphatic carbocycles. The minimum Gasteiger partial charge on any atom is -0.289 e. The lowest BCUT2D eigenvalue weighted by Crippen LogP contribution is -2.04. The van der Waals surface area contributed by atoms with E-state index in [0.29, 0.717) is 0 Å². The second kappa shape index (κ2) is 3.80. The SMILES string of the molecule is c1ccc(CN=C(C2CC2)C2CC2)cc1. The predicted octanol–water partition coefficient (Wildman–Crippen LogP) is 3.45. The Morgan fingerprint density at radius 2 is 1.60 bits per heavy atom. The van der Waals surface area contributed by atoms with Gasteiger partial charge in [-0.2, -0.15) is 0 Å². The lowest BCUT2D eigenvalue weighted by molar-refractivity contribution is 0.966. The monoisotopic (exact) mass is 199 g/mol. The molecule has 0 bridgehead atoms. The zero-order chi connectivity index (χ0) is 10.1. The Kier molecular flexibility index (Phi) is 2.32. The van der Waals surface area contributed by atoms with E-state index in [1.165, 1.54) is 31.2 Å². The molecule has 0 unspecified atom stereocenters. The molecular formula is C14H17N. The summed E-state index contributed by atoms with van der Waals surface area (Å²) in [6.07, 6.45) is 5.57. The largest absolute Gasteiger partial charge is 0.289 e. The van der Waals surface area contributed by atoms with E-state index in [4.69, 9.17) is 4.99 Å². The van der Waals surface area contributed by atoms with Crippen molar-refractivity contribution < 1.29 is 0 Å². The first kappa shape index (κ1) is 9.14. The van der Waals surface area contributed by atoms with Crippen LogP contribution >= 0.6 is 0 Å². The Morgan fingerprint density at radius 3 is 2.13 bits per heavy atom. The Balaban J connectivity index is 1.69. The lowest BCUT2D eigenvalue weighted by atomic mass is 10.1. The van der Waals surface area contributed by atoms with Crippen LogP contribution in [0.15, 0.2) is 35.3 Å². The summed E-state index contributed by atoms with van der Waals surface area (Å²) < 4.78 is 0. The van der Waals surface area contributed by atoms with Gasteiger partial charge < -0.3 is 0 Å². The lowest BCUT2D eigenvalue weighted by Gasteiger charge is -2.03. The van der Waals surface area contributed by atoms with E-state index in [1.807, 2.05) is 0 Å². The first-order chi connectivity index (χ1) is 7.43. The Morgan fingerprint density at radius 1 is 1.00 bits per heavy atom. The molecule has 0 aromatic heterocycles. The molecule has 0 N–H and O–H groups in total. The highest BCUT2D eigenvalue weighted by atomic mass is 14.8. The molecule has 1 aromatic carbocycles. The van der Waals surface area contributed by atoms with E-state index in [2.05, 4.69) is 30.3 Å². The van der Waals surface area contributed by atoms with Crippen molar-refractivity contribution in [1.29, 1.82) is 0 Å². The summed E-state index contributed by atoms with van der Waals surface area (Å²) in [4.78, 5) is 4.83. The van der Waals surface area contributed by atoms with Gasteiger partial charge in [0, 0.05) is 5.71 Å². The second-order valence-corrected chi connectivity index (χ2v) is 4.78. The standard InChI is InChI=1S/C14H17N/c1-2-4-11(5-3-1)10-15-14(12-6-7-12)13-8-9-13/h1-5,12-13H,6-10H2. The van der Waals surface area contributed by atoms with Crippen molar-refractivity contribution in [2.75, 3.05) is 0 Å². The summed E-state index contributed by atoms with van der Waals surface area (Å²) >= 11 is 0. The molecule has 0 aliphatic heterocycles. The highest BCUT2D eigenvalue weighted by Crippen LogP contribution is 2.42. The fourth-order valence-electron chi connectivity index (χ4n) is 2.12. The van der Waals surface area contributed by atoms with Crippen LogP contribution in [0.2, 0.25) is 0 Å². The van der Waals surface area contributed by atoms with Crippen molar-refractivity contribution in [3.8, 4) is 0 Å². The van der Waals surface area contributed by atoms with Crippen molar-refractivity contribution in [3.05, 3.63) is 35.9 Å². The zero-order valence-electron chi connectivity index (χ0n) is 9.02. The fourth-order valence-corrected chi connectivity index (χ4v) is 2.12. The molecule has 1 nitrogen and oxygen atoms in total. The van der Waals surface area contributed by atoms with Crippen molar-refractivity contribution in [2.45, 2.75) is 32.2 Å². The second-order valence-electron chi connectivity index (χ2n) is 4.78. The molecule has 0 saturated heterocycles. The van der Waals surface area contributed by atoms with Gasteiger partial charge in [-0.05, 0) is 43.1 Å². The van der Waals surface area contributed by atoms with Crippen LogP contribution in [0.4, 0.5) is 0 Å². The van der Waals surface area contributed by atoms with Gasteiger partial charge in [0.2, 0.25) is 0 Å². The van der Waals surface area contributed by atoms with E-state index in [1.54, 1.807) is 5.71 Å². The molecule has 0 amide bonds. The zero-order valence-corrected chi connectivity index (χ0v) is 9.02. The van der Waals surface area contributed by atoms with E-state index in [0.717, 1.165) is 18.4 Å². The van der Waals surface area contributed by atoms with Crippen LogP contribution in [0.25, 0.3) is 0 Å². The number of hydrogen-bond acceptors (Lipinski definition) is 1. The molecule has 2 fully saturated rings. The summed E-state index contributed by atoms with van der Waals surface area (Å²) in [5, 5.41) is 0. The number of nitrogens with zero attached hydrogens (tertiary/aromatic N) is 1. The quantitative estimate of drug-likeness (QED) is 0.659. The van der Waals surface area contributed by atoms with E-state index < -0.39 is 0 Å². The van der Waals surface area contributed by atoms with Crippen LogP contribution in [-0.2, 0) is 6.54 Å². The summed E-state index contributed by atoms with van der Waals surface area (Å²) in [5.41, 5.74) is 2.88. The topological polar surface area (TPSA) is 12.4 Å². The highest BCUT2D eigenvalue weighted by Gasteiger charge is 2.37. The van der Waals surface area contributed by atoms with Crippen LogP contribution in [0.5, 0.6) is 0 Å². The maximum absolute atomic E-state index is 4.83. The van der Waals surface area contributed by atoms with Crippen LogP contribution in [0.1, 0.15) is 31.2 Å². The maximum atomic E-state index is 4.83. The normalized spacial score (nSPS) is 20.0. The number of benzene rings is 1. The van der Waals surface area contributed by atoms with Gasteiger partial charge in [0.25, 0.3) is 0 Å². The van der Waals surface area contributed by atoms with Crippen LogP contribution in [0, 0.1) is 11.8 Å². The highest BCUT2D eigenvalue weighted by molar-refractivity contribution is 5.92. The van der Waals surface area contributed by atoms with Crippen molar-refractivity contribution >= 4 is 5.71 Å². The van der Waals surface area contributed by atoms with Gasteiger partial charge in [-0.25, -0.2) is 0 Å². The van der Waals surface area contributed by atoms with Crippen LogP contribution < -0.4 is 0 Å². The molecule has 2 aliphatic rings. The van der Waals surface area contributed by atoms with Gasteiger partial charge in [-0.15, -0.1) is 0 Å². The average Bonchev–Trinajstić information content (AvgIpc) is 3.14. The van der Waals surface area contributed by atoms with Crippen molar-refractivity contribution in [3.63, 3.8) is 0 Å². The Bertz CT molecular complexity index is 344. The van der Waals surface area contributed by atoms with Gasteiger partial charge in [0.05, 0.1) is 6.54 Å². The molecule has 2 saturated carbocycles. The molecular weight excluding hydrogens is 182 g/mol. The van der Waals surface area contributed by atoms with E-state index >= 15 is 0 Å². The molecule has 0 spiro atoms. The van der Waals surface area contributed by atoms with Gasteiger partial charge in [0.1, 0.15) is 0 Å². The van der Waals surface area contributed by atoms with Gasteiger partial charge in [0.15, 0.2) is 0 Å². The molecule has 0 radical (unpaired) electrons. The number of hydrogen-bond donors (Lipinski definition) is 0. The van der Waals surface area contributed by atoms with Crippen molar-refractivity contribution in [2.24, 2.45) is 16.8 Å². The third-order valence-electron chi connectivity index (χ3n) is 3.28. The smallest absolute Gasteiger partial charge is 0.0639 e. The summed E-state index contributed by atoms with van der Waals surface area (Å²) in [5.74, 6) is 1.72. The molecule has 1 heteroatoms. The van der Waals surface area contributed by atoms with Crippen LogP contribution in [-0.4, -0.2) is 5.71 Å². The van der Waals surface area contributed by atoms with E-state index in [-0.39, 0.29) is 0 Å². The Hall–Kier alpha value is -1.11. The predicted molar refractivity (Wildman–Crippen MR) is 63.0 cm³/mol. The molecule has 78 valence electrons. The summed E-state index contributed by atoms with van der Waals surface area (Å²) in [7, 11) is 0. The van der Waals surface area contributed by atoms with Crippen molar-refractivity contribution in [1.82, 2.24) is 0 Å².